The zero-order chi connectivity index (χ0) is 19.8. The molecule has 1 N–H and O–H groups in total. The van der Waals surface area contributed by atoms with Gasteiger partial charge in [0.2, 0.25) is 5.75 Å². The van der Waals surface area contributed by atoms with Crippen molar-refractivity contribution in [1.82, 2.24) is 29.4 Å². The fraction of sp³-hybridized carbons (Fsp3) is 0.667. The first kappa shape index (κ1) is 19.1. The van der Waals surface area contributed by atoms with Crippen LogP contribution in [0.2, 0.25) is 0 Å². The van der Waals surface area contributed by atoms with E-state index in [9.17, 15) is 10.1 Å². The van der Waals surface area contributed by atoms with Crippen LogP contribution in [0.25, 0.3) is 11.0 Å². The molecule has 0 radical (unpaired) electrons. The van der Waals surface area contributed by atoms with Gasteiger partial charge in [0.1, 0.15) is 5.52 Å². The van der Waals surface area contributed by atoms with Gasteiger partial charge >= 0.3 is 7.94 Å². The van der Waals surface area contributed by atoms with E-state index >= 15 is 0 Å². The molecule has 1 aromatic heterocycles. The molecule has 5 rings (SSSR count). The van der Waals surface area contributed by atoms with Crippen molar-refractivity contribution in [3.8, 4) is 5.75 Å². The lowest BCUT2D eigenvalue weighted by Crippen LogP contribution is -2.45. The third-order valence-corrected chi connectivity index (χ3v) is 10.0. The lowest BCUT2D eigenvalue weighted by atomic mass is 10.2. The highest BCUT2D eigenvalue weighted by Crippen LogP contribution is 2.70. The van der Waals surface area contributed by atoms with Gasteiger partial charge in [-0.3, -0.25) is 14.6 Å². The van der Waals surface area contributed by atoms with Crippen molar-refractivity contribution in [3.63, 3.8) is 0 Å². The summed E-state index contributed by atoms with van der Waals surface area (Å²) in [6.45, 7) is 6.07. The second-order valence-corrected chi connectivity index (χ2v) is 10.9. The highest BCUT2D eigenvalue weighted by atomic mass is 31.2. The van der Waals surface area contributed by atoms with Crippen molar-refractivity contribution in [2.75, 3.05) is 39.3 Å². The Hall–Kier alpha value is -1.87. The Balaban J connectivity index is 1.64. The second kappa shape index (κ2) is 7.75. The number of nitrogens with zero attached hydrogens (tertiary/aromatic N) is 6. The van der Waals surface area contributed by atoms with Gasteiger partial charge in [-0.1, -0.05) is 0 Å². The van der Waals surface area contributed by atoms with E-state index in [-0.39, 0.29) is 10.6 Å². The van der Waals surface area contributed by atoms with Crippen LogP contribution < -0.4 is 4.52 Å². The minimum Gasteiger partial charge on any atom is -0.289 e. The minimum absolute atomic E-state index is 0.0104. The largest absolute Gasteiger partial charge is 0.417 e. The molecule has 0 aliphatic carbocycles. The van der Waals surface area contributed by atoms with Gasteiger partial charge in [0.15, 0.2) is 5.52 Å². The van der Waals surface area contributed by atoms with E-state index in [1.165, 1.54) is 50.7 Å². The van der Waals surface area contributed by atoms with Crippen LogP contribution in [-0.4, -0.2) is 73.6 Å². The molecule has 3 aliphatic rings. The third kappa shape index (κ3) is 3.28. The monoisotopic (exact) mass is 420 g/mol. The van der Waals surface area contributed by atoms with E-state index in [0.717, 1.165) is 39.3 Å². The van der Waals surface area contributed by atoms with Gasteiger partial charge < -0.3 is 0 Å². The van der Waals surface area contributed by atoms with E-state index in [1.807, 2.05) is 0 Å². The molecular weight excluding hydrogens is 393 g/mol. The smallest absolute Gasteiger partial charge is 0.289 e. The van der Waals surface area contributed by atoms with Gasteiger partial charge in [0.05, 0.1) is 11.0 Å². The lowest BCUT2D eigenvalue weighted by Gasteiger charge is -2.41. The Morgan fingerprint density at radius 1 is 0.897 bits per heavy atom. The first-order valence-electron chi connectivity index (χ1n) is 10.5. The molecule has 0 spiro atoms. The predicted molar refractivity (Wildman–Crippen MR) is 111 cm³/mol. The maximum Gasteiger partial charge on any atom is 0.417 e. The quantitative estimate of drug-likeness (QED) is 0.432. The van der Waals surface area contributed by atoms with Crippen molar-refractivity contribution in [1.29, 1.82) is 0 Å². The van der Waals surface area contributed by atoms with Gasteiger partial charge in [-0.2, -0.15) is 15.4 Å². The molecule has 156 valence electrons. The summed E-state index contributed by atoms with van der Waals surface area (Å²) >= 11 is 0. The molecule has 4 heterocycles. The van der Waals surface area contributed by atoms with Gasteiger partial charge in [-0.05, 0) is 38.5 Å². The zero-order valence-electron chi connectivity index (χ0n) is 16.5. The zero-order valence-corrected chi connectivity index (χ0v) is 17.4. The third-order valence-electron chi connectivity index (χ3n) is 6.16. The van der Waals surface area contributed by atoms with E-state index < -0.39 is 7.94 Å². The summed E-state index contributed by atoms with van der Waals surface area (Å²) in [6.07, 6.45) is 7.01. The molecule has 0 saturated carbocycles. The van der Waals surface area contributed by atoms with Crippen LogP contribution >= 0.6 is 7.94 Å². The minimum atomic E-state index is -2.30. The fourth-order valence-corrected chi connectivity index (χ4v) is 9.04. The molecule has 0 unspecified atom stereocenters. The number of fused-ring (bicyclic) bond motifs is 1. The summed E-state index contributed by atoms with van der Waals surface area (Å²) in [5, 5.41) is 22.5. The molecule has 11 heteroatoms. The molecule has 3 aliphatic heterocycles. The Labute approximate surface area is 169 Å². The van der Waals surface area contributed by atoms with Crippen LogP contribution in [0.5, 0.6) is 5.75 Å². The van der Waals surface area contributed by atoms with E-state index in [4.69, 9.17) is 4.52 Å². The Morgan fingerprint density at radius 2 is 1.41 bits per heavy atom. The van der Waals surface area contributed by atoms with E-state index in [2.05, 4.69) is 29.4 Å². The highest BCUT2D eigenvalue weighted by Gasteiger charge is 2.62. The predicted octanol–water partition coefficient (Wildman–Crippen LogP) is 3.21. The van der Waals surface area contributed by atoms with Crippen LogP contribution in [0, 0.1) is 10.1 Å². The molecular formula is C18H27N7O3P+. The number of H-pyrrole nitrogens is 1. The Morgan fingerprint density at radius 3 is 1.90 bits per heavy atom. The van der Waals surface area contributed by atoms with Crippen LogP contribution in [-0.2, 0) is 0 Å². The molecule has 1 aromatic carbocycles. The maximum atomic E-state index is 11.5. The van der Waals surface area contributed by atoms with Crippen molar-refractivity contribution in [2.45, 2.75) is 38.5 Å². The van der Waals surface area contributed by atoms with Crippen LogP contribution in [0.4, 0.5) is 5.69 Å². The number of nitro groups is 1. The molecule has 0 amide bonds. The van der Waals surface area contributed by atoms with Crippen molar-refractivity contribution in [2.24, 2.45) is 0 Å². The van der Waals surface area contributed by atoms with Gasteiger partial charge in [0, 0.05) is 45.3 Å². The molecule has 3 saturated heterocycles. The highest BCUT2D eigenvalue weighted by molar-refractivity contribution is 7.64. The van der Waals surface area contributed by atoms with Crippen molar-refractivity contribution >= 4 is 24.7 Å². The number of nitrogens with one attached hydrogen (secondary N) is 1. The van der Waals surface area contributed by atoms with E-state index in [1.54, 1.807) is 0 Å². The molecule has 3 fully saturated rings. The number of benzene rings is 1. The number of hydrogen-bond donors (Lipinski definition) is 1. The van der Waals surface area contributed by atoms with Crippen LogP contribution in [0.1, 0.15) is 38.5 Å². The molecule has 29 heavy (non-hydrogen) atoms. The average molecular weight is 420 g/mol. The first-order chi connectivity index (χ1) is 14.2. The first-order valence-corrected chi connectivity index (χ1v) is 12.1. The Kier molecular flexibility index (Phi) is 5.11. The summed E-state index contributed by atoms with van der Waals surface area (Å²) in [5.74, 6) is 0.474. The number of hydrogen-bond acceptors (Lipinski definition) is 8. The SMILES string of the molecule is O=[N+]([O-])c1cc(O[P+](N2CCCC2)(N2CCCC2)N2CCCC2)c2n[nH]nc2c1. The molecule has 0 atom stereocenters. The number of aromatic amines is 1. The number of non-ortho nitro benzene ring substituents is 1. The average Bonchev–Trinajstić information content (AvgIpc) is 3.52. The number of rotatable bonds is 6. The standard InChI is InChI=1S/C18H27N7O3P/c26-25(27)15-13-16-18(20-21-19-16)17(14-15)28-29(22-7-1-2-8-22,23-9-3-4-10-23)24-11-5-6-12-24/h13-14H,1-12H2,(H,19,20,21)/q+1. The number of aromatic nitrogens is 3. The van der Waals surface area contributed by atoms with Crippen LogP contribution in [0.3, 0.4) is 0 Å². The van der Waals surface area contributed by atoms with E-state index in [0.29, 0.717) is 16.8 Å². The lowest BCUT2D eigenvalue weighted by molar-refractivity contribution is -0.384. The topological polar surface area (TPSA) is 104 Å². The normalized spacial score (nSPS) is 22.1. The molecule has 10 nitrogen and oxygen atoms in total. The van der Waals surface area contributed by atoms with Gasteiger partial charge in [-0.15, -0.1) is 14.0 Å². The summed E-state index contributed by atoms with van der Waals surface area (Å²) in [5.41, 5.74) is 1.03. The van der Waals surface area contributed by atoms with Gasteiger partial charge in [0.25, 0.3) is 5.69 Å². The summed E-state index contributed by atoms with van der Waals surface area (Å²) in [7, 11) is -2.30. The summed E-state index contributed by atoms with van der Waals surface area (Å²) in [4.78, 5) is 11.1. The van der Waals surface area contributed by atoms with Crippen molar-refractivity contribution in [3.05, 3.63) is 22.2 Å². The van der Waals surface area contributed by atoms with Crippen molar-refractivity contribution < 1.29 is 9.45 Å². The molecule has 2 aromatic rings. The van der Waals surface area contributed by atoms with Crippen LogP contribution in [0.15, 0.2) is 12.1 Å². The van der Waals surface area contributed by atoms with Gasteiger partial charge in [-0.25, -0.2) is 0 Å². The summed E-state index contributed by atoms with van der Waals surface area (Å²) < 4.78 is 14.6. The second-order valence-electron chi connectivity index (χ2n) is 7.98. The summed E-state index contributed by atoms with van der Waals surface area (Å²) in [6, 6.07) is 2.98. The maximum absolute atomic E-state index is 11.5. The number of nitro benzene ring substituents is 1. The Bertz CT molecular complexity index is 848. The molecule has 0 bridgehead atoms. The fourth-order valence-electron chi connectivity index (χ4n) is 4.81.